The zero-order valence-electron chi connectivity index (χ0n) is 23.9. The van der Waals surface area contributed by atoms with Crippen molar-refractivity contribution in [3.63, 3.8) is 0 Å². The Balaban J connectivity index is 1.52. The first kappa shape index (κ1) is 27.2. The largest absolute Gasteiger partial charge is 0.493 e. The summed E-state index contributed by atoms with van der Waals surface area (Å²) >= 11 is 0. The molecule has 1 aromatic carbocycles. The van der Waals surface area contributed by atoms with Gasteiger partial charge in [0.25, 0.3) is 0 Å². The van der Waals surface area contributed by atoms with Gasteiger partial charge in [-0.05, 0) is 61.1 Å². The number of hydrogen-bond donors (Lipinski definition) is 0. The molecule has 7 rings (SSSR count). The predicted octanol–water partition coefficient (Wildman–Crippen LogP) is 4.54. The number of nitrogens with zero attached hydrogens (tertiary/aromatic N) is 6. The number of amides is 1. The molecule has 0 aliphatic carbocycles. The van der Waals surface area contributed by atoms with Crippen LogP contribution in [-0.4, -0.2) is 62.1 Å². The average Bonchev–Trinajstić information content (AvgIpc) is 3.30. The Morgan fingerprint density at radius 2 is 2.00 bits per heavy atom. The fourth-order valence-electron chi connectivity index (χ4n) is 6.65. The van der Waals surface area contributed by atoms with Gasteiger partial charge in [-0.3, -0.25) is 9.78 Å². The van der Waals surface area contributed by atoms with Gasteiger partial charge in [-0.25, -0.2) is 23.1 Å². The Labute approximate surface area is 246 Å². The normalized spacial score (nSPS) is 19.2. The predicted molar refractivity (Wildman–Crippen MR) is 158 cm³/mol. The minimum atomic E-state index is -0.768. The van der Waals surface area contributed by atoms with E-state index in [2.05, 4.69) is 16.5 Å². The molecule has 0 spiro atoms. The second-order valence-corrected chi connectivity index (χ2v) is 11.5. The Bertz CT molecular complexity index is 1870. The zero-order chi connectivity index (χ0) is 30.0. The van der Waals surface area contributed by atoms with Crippen LogP contribution in [0.3, 0.4) is 0 Å². The summed E-state index contributed by atoms with van der Waals surface area (Å²) in [6.45, 7) is 8.80. The summed E-state index contributed by atoms with van der Waals surface area (Å²) in [6, 6.07) is 7.32. The van der Waals surface area contributed by atoms with Crippen LogP contribution in [0.4, 0.5) is 14.6 Å². The summed E-state index contributed by atoms with van der Waals surface area (Å²) in [5, 5.41) is 0.313. The third-order valence-electron chi connectivity index (χ3n) is 8.69. The number of ether oxygens (including phenoxy) is 1. The monoisotopic (exact) mass is 584 g/mol. The molecule has 220 valence electrons. The number of likely N-dealkylation sites (tertiary alicyclic amines) is 1. The molecule has 9 nitrogen and oxygen atoms in total. The molecule has 2 bridgehead atoms. The van der Waals surface area contributed by atoms with Crippen molar-refractivity contribution in [2.24, 2.45) is 0 Å². The second-order valence-electron chi connectivity index (χ2n) is 11.5. The smallest absolute Gasteiger partial charge is 0.355 e. The lowest BCUT2D eigenvalue weighted by molar-refractivity contribution is -0.127. The van der Waals surface area contributed by atoms with E-state index in [4.69, 9.17) is 9.72 Å². The number of carbonyl (C=O) groups excluding carboxylic acids is 1. The van der Waals surface area contributed by atoms with E-state index in [0.29, 0.717) is 49.1 Å². The molecule has 4 aromatic rings. The fourth-order valence-corrected chi connectivity index (χ4v) is 6.65. The lowest BCUT2D eigenvalue weighted by atomic mass is 9.96. The number of anilines is 1. The number of aromatic nitrogens is 4. The standard InChI is InChI=1S/C32H30F2N6O3/c1-4-25(41)38-13-11-22-23(38)16-39(22)30-19-15-21(34)28-26-20(33)8-5-9-24(26)43-14-6-7-18-10-12-35-27(17(2)3)29(18)40(31(19)36-28)32(42)37-30/h4-5,8-10,12,15,17,22-23H,1,6-7,11,13-14,16H2,2-3H3/t22-,23?/m0/s1. The van der Waals surface area contributed by atoms with Crippen LogP contribution in [0.25, 0.3) is 28.0 Å². The summed E-state index contributed by atoms with van der Waals surface area (Å²) in [7, 11) is 0. The van der Waals surface area contributed by atoms with Crippen molar-refractivity contribution in [2.75, 3.05) is 24.6 Å². The highest BCUT2D eigenvalue weighted by molar-refractivity contribution is 5.92. The van der Waals surface area contributed by atoms with Crippen LogP contribution in [0.15, 0.2) is 54.0 Å². The van der Waals surface area contributed by atoms with E-state index in [9.17, 15) is 9.59 Å². The highest BCUT2D eigenvalue weighted by Crippen LogP contribution is 2.41. The summed E-state index contributed by atoms with van der Waals surface area (Å²) in [5.74, 6) is -1.19. The van der Waals surface area contributed by atoms with E-state index < -0.39 is 17.3 Å². The third-order valence-corrected chi connectivity index (χ3v) is 8.69. The SMILES string of the molecule is C=CC(=O)N1CC[C@H]2C1CN2c1nc(=O)n2c3nc(c(F)cc13)-c1c(F)cccc1OCCCc1ccnc(C(C)C)c1-2. The molecule has 11 heteroatoms. The number of carbonyl (C=O) groups is 1. The molecular weight excluding hydrogens is 554 g/mol. The van der Waals surface area contributed by atoms with Gasteiger partial charge in [-0.15, -0.1) is 0 Å². The Hall–Kier alpha value is -4.67. The summed E-state index contributed by atoms with van der Waals surface area (Å²) in [5.41, 5.74) is 1.28. The second kappa shape index (κ2) is 10.3. The highest BCUT2D eigenvalue weighted by Gasteiger charge is 2.49. The van der Waals surface area contributed by atoms with E-state index in [0.717, 1.165) is 5.56 Å². The molecule has 0 saturated carbocycles. The van der Waals surface area contributed by atoms with E-state index >= 15 is 8.78 Å². The van der Waals surface area contributed by atoms with Gasteiger partial charge in [0.1, 0.15) is 23.1 Å². The molecule has 0 N–H and O–H groups in total. The van der Waals surface area contributed by atoms with Gasteiger partial charge in [0.2, 0.25) is 5.91 Å². The number of benzene rings is 1. The maximum absolute atomic E-state index is 16.1. The van der Waals surface area contributed by atoms with Gasteiger partial charge in [0, 0.05) is 19.3 Å². The van der Waals surface area contributed by atoms with Crippen molar-refractivity contribution in [1.29, 1.82) is 0 Å². The minimum absolute atomic E-state index is 0.0539. The van der Waals surface area contributed by atoms with Gasteiger partial charge in [-0.1, -0.05) is 26.5 Å². The topological polar surface area (TPSA) is 93.5 Å². The number of pyridine rings is 2. The summed E-state index contributed by atoms with van der Waals surface area (Å²) in [4.78, 5) is 44.0. The summed E-state index contributed by atoms with van der Waals surface area (Å²) in [6.07, 6.45) is 4.80. The van der Waals surface area contributed by atoms with Crippen LogP contribution in [0.2, 0.25) is 0 Å². The molecule has 43 heavy (non-hydrogen) atoms. The van der Waals surface area contributed by atoms with Crippen molar-refractivity contribution in [1.82, 2.24) is 24.4 Å². The molecule has 3 aromatic heterocycles. The van der Waals surface area contributed by atoms with E-state index in [-0.39, 0.29) is 59.0 Å². The Kier molecular flexibility index (Phi) is 6.48. The zero-order valence-corrected chi connectivity index (χ0v) is 23.9. The third kappa shape index (κ3) is 4.20. The van der Waals surface area contributed by atoms with Crippen LogP contribution >= 0.6 is 0 Å². The van der Waals surface area contributed by atoms with Crippen molar-refractivity contribution >= 4 is 22.8 Å². The number of aryl methyl sites for hydroxylation is 1. The molecular formula is C32H30F2N6O3. The molecule has 3 aliphatic rings. The van der Waals surface area contributed by atoms with Gasteiger partial charge < -0.3 is 14.5 Å². The number of rotatable bonds is 3. The van der Waals surface area contributed by atoms with E-state index in [1.807, 2.05) is 24.8 Å². The first-order valence-electron chi connectivity index (χ1n) is 14.5. The molecule has 2 saturated heterocycles. The highest BCUT2D eigenvalue weighted by atomic mass is 19.1. The maximum Gasteiger partial charge on any atom is 0.355 e. The van der Waals surface area contributed by atoms with Gasteiger partial charge in [-0.2, -0.15) is 4.98 Å². The molecule has 0 radical (unpaired) electrons. The molecule has 2 fully saturated rings. The van der Waals surface area contributed by atoms with Crippen LogP contribution < -0.4 is 15.3 Å². The Morgan fingerprint density at radius 1 is 1.16 bits per heavy atom. The van der Waals surface area contributed by atoms with Gasteiger partial charge >= 0.3 is 5.69 Å². The van der Waals surface area contributed by atoms with Crippen LogP contribution in [0.1, 0.15) is 43.9 Å². The Morgan fingerprint density at radius 3 is 2.79 bits per heavy atom. The molecule has 2 atom stereocenters. The molecule has 1 amide bonds. The molecule has 1 unspecified atom stereocenters. The molecule has 3 aliphatic heterocycles. The van der Waals surface area contributed by atoms with Crippen LogP contribution in [-0.2, 0) is 11.2 Å². The van der Waals surface area contributed by atoms with E-state index in [1.165, 1.54) is 28.8 Å². The van der Waals surface area contributed by atoms with Crippen LogP contribution in [0, 0.1) is 11.6 Å². The van der Waals surface area contributed by atoms with Gasteiger partial charge in [0.15, 0.2) is 11.5 Å². The number of hydrogen-bond acceptors (Lipinski definition) is 7. The quantitative estimate of drug-likeness (QED) is 0.327. The number of fused-ring (bicyclic) bond motifs is 6. The summed E-state index contributed by atoms with van der Waals surface area (Å²) < 4.78 is 38.8. The maximum atomic E-state index is 16.1. The van der Waals surface area contributed by atoms with Crippen molar-refractivity contribution in [3.05, 3.63) is 82.6 Å². The van der Waals surface area contributed by atoms with Crippen molar-refractivity contribution in [3.8, 4) is 22.7 Å². The van der Waals surface area contributed by atoms with Crippen molar-refractivity contribution in [2.45, 2.75) is 51.1 Å². The van der Waals surface area contributed by atoms with E-state index in [1.54, 1.807) is 17.2 Å². The lowest BCUT2D eigenvalue weighted by Crippen LogP contribution is -2.63. The number of halogens is 2. The first-order chi connectivity index (χ1) is 20.8. The van der Waals surface area contributed by atoms with Gasteiger partial charge in [0.05, 0.1) is 41.0 Å². The molecule has 6 heterocycles. The fraction of sp³-hybridized carbons (Fsp3) is 0.344. The van der Waals surface area contributed by atoms with Crippen molar-refractivity contribution < 1.29 is 18.3 Å². The first-order valence-corrected chi connectivity index (χ1v) is 14.5. The minimum Gasteiger partial charge on any atom is -0.493 e. The average molecular weight is 585 g/mol. The van der Waals surface area contributed by atoms with Crippen LogP contribution in [0.5, 0.6) is 5.75 Å². The lowest BCUT2D eigenvalue weighted by Gasteiger charge is -2.47.